The van der Waals surface area contributed by atoms with E-state index in [1.807, 2.05) is 6.92 Å². The van der Waals surface area contributed by atoms with Crippen molar-refractivity contribution in [3.8, 4) is 0 Å². The summed E-state index contributed by atoms with van der Waals surface area (Å²) in [5.74, 6) is -0.202. The van der Waals surface area contributed by atoms with E-state index in [4.69, 9.17) is 5.14 Å². The van der Waals surface area contributed by atoms with Crippen molar-refractivity contribution in [3.63, 3.8) is 0 Å². The van der Waals surface area contributed by atoms with Gasteiger partial charge in [0, 0.05) is 24.6 Å². The van der Waals surface area contributed by atoms with Gasteiger partial charge in [0.1, 0.15) is 0 Å². The molecule has 0 atom stereocenters. The minimum Gasteiger partial charge on any atom is -0.316 e. The monoisotopic (exact) mass is 288 g/mol. The number of nitrogens with two attached hydrogens (primary N) is 1. The van der Waals surface area contributed by atoms with Gasteiger partial charge in [-0.15, -0.1) is 12.6 Å². The van der Waals surface area contributed by atoms with E-state index < -0.39 is 10.0 Å². The van der Waals surface area contributed by atoms with Crippen molar-refractivity contribution in [1.29, 1.82) is 0 Å². The van der Waals surface area contributed by atoms with Crippen LogP contribution in [0.2, 0.25) is 0 Å². The van der Waals surface area contributed by atoms with Gasteiger partial charge in [-0.25, -0.2) is 13.6 Å². The Labute approximate surface area is 112 Å². The van der Waals surface area contributed by atoms with Crippen LogP contribution in [-0.2, 0) is 21.2 Å². The average molecular weight is 288 g/mol. The van der Waals surface area contributed by atoms with Crippen LogP contribution in [0, 0.1) is 0 Å². The Hall–Kier alpha value is -1.05. The number of sulfonamides is 1. The summed E-state index contributed by atoms with van der Waals surface area (Å²) in [6, 6.07) is 3.05. The summed E-state index contributed by atoms with van der Waals surface area (Å²) < 4.78 is 23.1. The second-order valence-electron chi connectivity index (χ2n) is 3.92. The molecule has 2 N–H and O–H groups in total. The van der Waals surface area contributed by atoms with Crippen LogP contribution in [-0.4, -0.2) is 21.4 Å². The number of anilines is 1. The van der Waals surface area contributed by atoms with Gasteiger partial charge >= 0.3 is 0 Å². The second-order valence-corrected chi connectivity index (χ2v) is 5.93. The highest BCUT2D eigenvalue weighted by atomic mass is 32.2. The van der Waals surface area contributed by atoms with Gasteiger partial charge in [0.15, 0.2) is 0 Å². The fourth-order valence-corrected chi connectivity index (χ4v) is 2.97. The van der Waals surface area contributed by atoms with Crippen LogP contribution in [0.5, 0.6) is 0 Å². The number of nitrogens with zero attached hydrogens (tertiary/aromatic N) is 1. The molecule has 0 radical (unpaired) electrons. The van der Waals surface area contributed by atoms with Crippen molar-refractivity contribution in [1.82, 2.24) is 0 Å². The molecule has 18 heavy (non-hydrogen) atoms. The van der Waals surface area contributed by atoms with Crippen LogP contribution >= 0.6 is 12.6 Å². The van der Waals surface area contributed by atoms with Crippen LogP contribution in [0.25, 0.3) is 0 Å². The molecule has 0 saturated heterocycles. The van der Waals surface area contributed by atoms with E-state index in [-0.39, 0.29) is 10.8 Å². The molecule has 5 nitrogen and oxygen atoms in total. The number of hydrogen-bond acceptors (Lipinski definition) is 4. The molecule has 0 spiro atoms. The maximum atomic E-state index is 11.5. The van der Waals surface area contributed by atoms with Crippen molar-refractivity contribution >= 4 is 34.2 Å². The third-order valence-electron chi connectivity index (χ3n) is 2.69. The first-order valence-electron chi connectivity index (χ1n) is 5.31. The number of rotatable bonds is 3. The zero-order valence-corrected chi connectivity index (χ0v) is 12.2. The highest BCUT2D eigenvalue weighted by Gasteiger charge is 2.18. The summed E-state index contributed by atoms with van der Waals surface area (Å²) in [4.78, 5) is 13.2. The summed E-state index contributed by atoms with van der Waals surface area (Å²) in [5.41, 5.74) is 1.01. The predicted octanol–water partition coefficient (Wildman–Crippen LogP) is 1.17. The predicted molar refractivity (Wildman–Crippen MR) is 73.5 cm³/mol. The van der Waals surface area contributed by atoms with Crippen molar-refractivity contribution in [2.75, 3.05) is 11.9 Å². The number of primary sulfonamides is 1. The fourth-order valence-electron chi connectivity index (χ4n) is 1.60. The van der Waals surface area contributed by atoms with Gasteiger partial charge in [0.05, 0.1) is 4.90 Å². The van der Waals surface area contributed by atoms with Gasteiger partial charge in [-0.3, -0.25) is 4.79 Å². The Morgan fingerprint density at radius 3 is 2.39 bits per heavy atom. The first-order chi connectivity index (χ1) is 8.18. The fraction of sp³-hybridized carbons (Fsp3) is 0.364. The molecule has 1 rings (SSSR count). The molecule has 7 heteroatoms. The van der Waals surface area contributed by atoms with Gasteiger partial charge < -0.3 is 4.90 Å². The number of benzene rings is 1. The Bertz CT molecular complexity index is 582. The molecule has 0 saturated carbocycles. The van der Waals surface area contributed by atoms with Crippen molar-refractivity contribution in [2.24, 2.45) is 5.14 Å². The highest BCUT2D eigenvalue weighted by Crippen LogP contribution is 2.29. The molecule has 0 bridgehead atoms. The Morgan fingerprint density at radius 2 is 2.00 bits per heavy atom. The quantitative estimate of drug-likeness (QED) is 0.819. The highest BCUT2D eigenvalue weighted by molar-refractivity contribution is 7.89. The summed E-state index contributed by atoms with van der Waals surface area (Å²) in [6.07, 6.45) is 0.495. The maximum Gasteiger partial charge on any atom is 0.238 e. The second kappa shape index (κ2) is 5.29. The lowest BCUT2D eigenvalue weighted by Crippen LogP contribution is -2.24. The van der Waals surface area contributed by atoms with Gasteiger partial charge in [-0.2, -0.15) is 0 Å². The number of thiol groups is 1. The maximum absolute atomic E-state index is 11.5. The van der Waals surface area contributed by atoms with Crippen LogP contribution in [0.3, 0.4) is 0 Å². The summed E-state index contributed by atoms with van der Waals surface area (Å²) in [6.45, 7) is 3.21. The Balaban J connectivity index is 3.55. The average Bonchev–Trinajstić information content (AvgIpc) is 2.25. The van der Waals surface area contributed by atoms with Crippen LogP contribution < -0.4 is 10.0 Å². The molecule has 1 aromatic carbocycles. The Kier molecular flexibility index (Phi) is 4.41. The van der Waals surface area contributed by atoms with Gasteiger partial charge in [-0.1, -0.05) is 6.92 Å². The molecule has 1 amide bonds. The van der Waals surface area contributed by atoms with E-state index in [1.54, 1.807) is 13.1 Å². The number of carbonyl (C=O) groups excluding carboxylic acids is 1. The smallest absolute Gasteiger partial charge is 0.238 e. The molecule has 0 aliphatic rings. The molecule has 0 heterocycles. The lowest BCUT2D eigenvalue weighted by atomic mass is 10.1. The van der Waals surface area contributed by atoms with E-state index in [2.05, 4.69) is 12.6 Å². The first-order valence-corrected chi connectivity index (χ1v) is 7.30. The van der Waals surface area contributed by atoms with Crippen molar-refractivity contribution in [3.05, 3.63) is 17.7 Å². The van der Waals surface area contributed by atoms with Crippen LogP contribution in [0.15, 0.2) is 21.9 Å². The molecule has 1 aromatic rings. The van der Waals surface area contributed by atoms with E-state index in [1.165, 1.54) is 17.9 Å². The van der Waals surface area contributed by atoms with Gasteiger partial charge in [0.25, 0.3) is 0 Å². The number of hydrogen-bond donors (Lipinski definition) is 2. The molecule has 0 unspecified atom stereocenters. The van der Waals surface area contributed by atoms with E-state index in [0.29, 0.717) is 22.6 Å². The zero-order valence-electron chi connectivity index (χ0n) is 10.5. The zero-order chi connectivity index (χ0) is 14.1. The van der Waals surface area contributed by atoms with Crippen LogP contribution in [0.4, 0.5) is 5.69 Å². The topological polar surface area (TPSA) is 80.5 Å². The molecule has 100 valence electrons. The van der Waals surface area contributed by atoms with E-state index in [0.717, 1.165) is 0 Å². The molecular formula is C11H16N2O3S2. The van der Waals surface area contributed by atoms with Crippen LogP contribution in [0.1, 0.15) is 19.4 Å². The summed E-state index contributed by atoms with van der Waals surface area (Å²) >= 11 is 4.25. The number of carbonyl (C=O) groups is 1. The Morgan fingerprint density at radius 1 is 1.44 bits per heavy atom. The largest absolute Gasteiger partial charge is 0.316 e. The summed E-state index contributed by atoms with van der Waals surface area (Å²) in [7, 11) is -2.28. The first kappa shape index (κ1) is 15.0. The minimum absolute atomic E-state index is 0.0144. The SMILES string of the molecule is CCc1c(S)cc(N(C)C(C)=O)cc1S(N)(=O)=O. The van der Waals surface area contributed by atoms with Crippen molar-refractivity contribution < 1.29 is 13.2 Å². The van der Waals surface area contributed by atoms with E-state index in [9.17, 15) is 13.2 Å². The third kappa shape index (κ3) is 3.04. The molecule has 0 fully saturated rings. The van der Waals surface area contributed by atoms with Crippen molar-refractivity contribution in [2.45, 2.75) is 30.1 Å². The standard InChI is InChI=1S/C11H16N2O3S2/c1-4-9-10(17)5-8(13(3)7(2)14)6-11(9)18(12,15)16/h5-6,17H,4H2,1-3H3,(H2,12,15,16). The molecule has 0 aliphatic carbocycles. The normalized spacial score (nSPS) is 11.4. The molecular weight excluding hydrogens is 272 g/mol. The lowest BCUT2D eigenvalue weighted by Gasteiger charge is -2.18. The van der Waals surface area contributed by atoms with Gasteiger partial charge in [0.2, 0.25) is 15.9 Å². The van der Waals surface area contributed by atoms with E-state index >= 15 is 0 Å². The number of amides is 1. The minimum atomic E-state index is -3.84. The third-order valence-corrected chi connectivity index (χ3v) is 4.07. The molecule has 0 aliphatic heterocycles. The summed E-state index contributed by atoms with van der Waals surface area (Å²) in [5, 5.41) is 5.18. The van der Waals surface area contributed by atoms with Gasteiger partial charge in [-0.05, 0) is 24.1 Å². The molecule has 0 aromatic heterocycles. The lowest BCUT2D eigenvalue weighted by molar-refractivity contribution is -0.116.